The fourth-order valence-electron chi connectivity index (χ4n) is 4.38. The van der Waals surface area contributed by atoms with Crippen LogP contribution in [0.1, 0.15) is 23.9 Å². The molecule has 0 aliphatic carbocycles. The second kappa shape index (κ2) is 6.42. The van der Waals surface area contributed by atoms with Crippen LogP contribution in [-0.2, 0) is 13.1 Å². The maximum Gasteiger partial charge on any atom is 0.250 e. The van der Waals surface area contributed by atoms with E-state index in [1.54, 1.807) is 24.3 Å². The Labute approximate surface area is 155 Å². The molecule has 0 N–H and O–H groups in total. The van der Waals surface area contributed by atoms with Gasteiger partial charge in [0.1, 0.15) is 5.82 Å². The van der Waals surface area contributed by atoms with Gasteiger partial charge in [-0.15, -0.1) is 10.2 Å². The Balaban J connectivity index is 1.35. The molecule has 138 valence electrons. The minimum atomic E-state index is -0.373. The van der Waals surface area contributed by atoms with Crippen molar-refractivity contribution in [2.45, 2.75) is 25.4 Å². The molecule has 2 unspecified atom stereocenters. The third-order valence-electron chi connectivity index (χ3n) is 5.49. The van der Waals surface area contributed by atoms with E-state index in [4.69, 9.17) is 4.42 Å². The number of aromatic nitrogens is 3. The number of rotatable bonds is 3. The van der Waals surface area contributed by atoms with Crippen LogP contribution in [0.2, 0.25) is 0 Å². The molecule has 0 radical (unpaired) electrons. The molecule has 0 spiro atoms. The molecule has 27 heavy (non-hydrogen) atoms. The zero-order chi connectivity index (χ0) is 18.4. The summed E-state index contributed by atoms with van der Waals surface area (Å²) in [5.74, 6) is 1.09. The van der Waals surface area contributed by atoms with E-state index in [0.29, 0.717) is 29.8 Å². The lowest BCUT2D eigenvalue weighted by Gasteiger charge is -2.42. The molecule has 0 saturated carbocycles. The highest BCUT2D eigenvalue weighted by Crippen LogP contribution is 2.35. The van der Waals surface area contributed by atoms with Crippen molar-refractivity contribution in [3.05, 3.63) is 70.2 Å². The quantitative estimate of drug-likeness (QED) is 0.713. The SMILES string of the molecule is O=c1cccc2n1CC1CC2CN(Cc2nnc(-c3ccccc3F)o2)C1. The van der Waals surface area contributed by atoms with Gasteiger partial charge in [-0.25, -0.2) is 4.39 Å². The molecule has 3 aromatic rings. The lowest BCUT2D eigenvalue weighted by Crippen LogP contribution is -2.46. The van der Waals surface area contributed by atoms with E-state index >= 15 is 0 Å². The lowest BCUT2D eigenvalue weighted by atomic mass is 9.83. The number of pyridine rings is 1. The van der Waals surface area contributed by atoms with Gasteiger partial charge in [0.15, 0.2) is 0 Å². The van der Waals surface area contributed by atoms with Crippen molar-refractivity contribution in [3.8, 4) is 11.5 Å². The summed E-state index contributed by atoms with van der Waals surface area (Å²) in [5.41, 5.74) is 1.52. The van der Waals surface area contributed by atoms with Crippen LogP contribution in [0, 0.1) is 11.7 Å². The van der Waals surface area contributed by atoms with Crippen molar-refractivity contribution < 1.29 is 8.81 Å². The summed E-state index contributed by atoms with van der Waals surface area (Å²) in [4.78, 5) is 14.4. The molecule has 2 aliphatic heterocycles. The van der Waals surface area contributed by atoms with Gasteiger partial charge in [-0.1, -0.05) is 18.2 Å². The van der Waals surface area contributed by atoms with E-state index < -0.39 is 0 Å². The van der Waals surface area contributed by atoms with Crippen LogP contribution < -0.4 is 5.56 Å². The first-order chi connectivity index (χ1) is 13.2. The molecule has 2 atom stereocenters. The highest BCUT2D eigenvalue weighted by Gasteiger charge is 2.34. The minimum absolute atomic E-state index is 0.0853. The number of halogens is 1. The number of benzene rings is 1. The van der Waals surface area contributed by atoms with E-state index in [-0.39, 0.29) is 17.3 Å². The Bertz CT molecular complexity index is 1040. The summed E-state index contributed by atoms with van der Waals surface area (Å²) in [6.45, 7) is 3.02. The summed E-state index contributed by atoms with van der Waals surface area (Å²) < 4.78 is 21.5. The van der Waals surface area contributed by atoms with Crippen LogP contribution in [0.4, 0.5) is 4.39 Å². The summed E-state index contributed by atoms with van der Waals surface area (Å²) >= 11 is 0. The monoisotopic (exact) mass is 366 g/mol. The molecule has 2 bridgehead atoms. The number of fused-ring (bicyclic) bond motifs is 4. The fraction of sp³-hybridized carbons (Fsp3) is 0.350. The van der Waals surface area contributed by atoms with E-state index in [2.05, 4.69) is 21.2 Å². The zero-order valence-electron chi connectivity index (χ0n) is 14.7. The summed E-state index contributed by atoms with van der Waals surface area (Å²) in [6.07, 6.45) is 1.10. The van der Waals surface area contributed by atoms with Crippen LogP contribution >= 0.6 is 0 Å². The van der Waals surface area contributed by atoms with Crippen molar-refractivity contribution in [2.24, 2.45) is 5.92 Å². The maximum absolute atomic E-state index is 13.9. The summed E-state index contributed by atoms with van der Waals surface area (Å²) in [6, 6.07) is 11.9. The molecule has 7 heteroatoms. The van der Waals surface area contributed by atoms with Gasteiger partial charge in [0, 0.05) is 37.3 Å². The van der Waals surface area contributed by atoms with Gasteiger partial charge in [-0.05, 0) is 30.5 Å². The molecular formula is C20H19FN4O2. The second-order valence-electron chi connectivity index (χ2n) is 7.37. The van der Waals surface area contributed by atoms with Crippen LogP contribution in [0.15, 0.2) is 51.7 Å². The molecule has 1 aromatic carbocycles. The number of likely N-dealkylation sites (tertiary alicyclic amines) is 1. The second-order valence-corrected chi connectivity index (χ2v) is 7.37. The molecule has 1 fully saturated rings. The van der Waals surface area contributed by atoms with Gasteiger partial charge in [0.05, 0.1) is 12.1 Å². The number of nitrogens with zero attached hydrogens (tertiary/aromatic N) is 4. The maximum atomic E-state index is 13.9. The zero-order valence-corrected chi connectivity index (χ0v) is 14.7. The first-order valence-corrected chi connectivity index (χ1v) is 9.17. The predicted molar refractivity (Wildman–Crippen MR) is 96.5 cm³/mol. The Morgan fingerprint density at radius 3 is 2.85 bits per heavy atom. The summed E-state index contributed by atoms with van der Waals surface area (Å²) in [7, 11) is 0. The van der Waals surface area contributed by atoms with Gasteiger partial charge in [0.2, 0.25) is 5.89 Å². The topological polar surface area (TPSA) is 64.2 Å². The molecule has 5 rings (SSSR count). The van der Waals surface area contributed by atoms with Crippen molar-refractivity contribution in [1.82, 2.24) is 19.7 Å². The van der Waals surface area contributed by atoms with Crippen LogP contribution in [0.3, 0.4) is 0 Å². The smallest absolute Gasteiger partial charge is 0.250 e. The first kappa shape index (κ1) is 16.4. The third kappa shape index (κ3) is 2.98. The normalized spacial score (nSPS) is 21.8. The van der Waals surface area contributed by atoms with Crippen LogP contribution in [-0.4, -0.2) is 32.8 Å². The average molecular weight is 366 g/mol. The van der Waals surface area contributed by atoms with E-state index in [0.717, 1.165) is 31.7 Å². The minimum Gasteiger partial charge on any atom is -0.419 e. The molecular weight excluding hydrogens is 347 g/mol. The van der Waals surface area contributed by atoms with Gasteiger partial charge < -0.3 is 8.98 Å². The highest BCUT2D eigenvalue weighted by atomic mass is 19.1. The first-order valence-electron chi connectivity index (χ1n) is 9.17. The molecule has 1 saturated heterocycles. The third-order valence-corrected chi connectivity index (χ3v) is 5.49. The Morgan fingerprint density at radius 2 is 1.96 bits per heavy atom. The predicted octanol–water partition coefficient (Wildman–Crippen LogP) is 2.66. The number of hydrogen-bond donors (Lipinski definition) is 0. The van der Waals surface area contributed by atoms with Crippen LogP contribution in [0.5, 0.6) is 0 Å². The molecule has 6 nitrogen and oxygen atoms in total. The highest BCUT2D eigenvalue weighted by molar-refractivity contribution is 5.53. The van der Waals surface area contributed by atoms with Gasteiger partial charge >= 0.3 is 0 Å². The van der Waals surface area contributed by atoms with Crippen molar-refractivity contribution in [1.29, 1.82) is 0 Å². The van der Waals surface area contributed by atoms with E-state index in [1.165, 1.54) is 6.07 Å². The van der Waals surface area contributed by atoms with E-state index in [9.17, 15) is 9.18 Å². The van der Waals surface area contributed by atoms with Crippen molar-refractivity contribution in [3.63, 3.8) is 0 Å². The van der Waals surface area contributed by atoms with Crippen LogP contribution in [0.25, 0.3) is 11.5 Å². The number of piperidine rings is 1. The Morgan fingerprint density at radius 1 is 1.07 bits per heavy atom. The average Bonchev–Trinajstić information content (AvgIpc) is 3.11. The molecule has 4 heterocycles. The Hall–Kier alpha value is -2.80. The van der Waals surface area contributed by atoms with Gasteiger partial charge in [-0.3, -0.25) is 9.69 Å². The van der Waals surface area contributed by atoms with Gasteiger partial charge in [-0.2, -0.15) is 0 Å². The fourth-order valence-corrected chi connectivity index (χ4v) is 4.38. The molecule has 2 aromatic heterocycles. The standard InChI is InChI=1S/C20H19FN4O2/c21-16-5-2-1-4-15(16)20-23-22-18(27-20)12-24-9-13-8-14(11-24)17-6-3-7-19(26)25(17)10-13/h1-7,13-14H,8-12H2. The molecule has 2 aliphatic rings. The van der Waals surface area contributed by atoms with Gasteiger partial charge in [0.25, 0.3) is 11.4 Å². The van der Waals surface area contributed by atoms with E-state index in [1.807, 2.05) is 10.6 Å². The Kier molecular flexibility index (Phi) is 3.89. The largest absolute Gasteiger partial charge is 0.419 e. The molecule has 0 amide bonds. The van der Waals surface area contributed by atoms with Crippen molar-refractivity contribution in [2.75, 3.05) is 13.1 Å². The number of hydrogen-bond acceptors (Lipinski definition) is 5. The summed E-state index contributed by atoms with van der Waals surface area (Å²) in [5, 5.41) is 8.10. The lowest BCUT2D eigenvalue weighted by molar-refractivity contribution is 0.106. The van der Waals surface area contributed by atoms with Crippen molar-refractivity contribution >= 4 is 0 Å².